The average Bonchev–Trinajstić information content (AvgIpc) is 2.38. The van der Waals surface area contributed by atoms with Crippen molar-refractivity contribution in [2.75, 3.05) is 36.4 Å². The van der Waals surface area contributed by atoms with Gasteiger partial charge in [-0.1, -0.05) is 6.42 Å². The summed E-state index contributed by atoms with van der Waals surface area (Å²) in [5.41, 5.74) is 1.61. The molecule has 0 radical (unpaired) electrons. The minimum Gasteiger partial charge on any atom is -0.383 e. The van der Waals surface area contributed by atoms with Crippen molar-refractivity contribution in [2.24, 2.45) is 0 Å². The van der Waals surface area contributed by atoms with E-state index in [0.29, 0.717) is 11.7 Å². The number of rotatable bonds is 5. The minimum absolute atomic E-state index is 0.581. The second-order valence-corrected chi connectivity index (χ2v) is 7.21. The van der Waals surface area contributed by atoms with Crippen LogP contribution in [0.15, 0.2) is 24.3 Å². The second kappa shape index (κ2) is 6.45. The van der Waals surface area contributed by atoms with Gasteiger partial charge in [-0.2, -0.15) is 0 Å². The fraction of sp³-hybridized carbons (Fsp3) is 0.571. The lowest BCUT2D eigenvalue weighted by Crippen LogP contribution is -2.40. The zero-order valence-electron chi connectivity index (χ0n) is 12.1. The van der Waals surface area contributed by atoms with E-state index in [0.717, 1.165) is 18.5 Å². The third-order valence-electron chi connectivity index (χ3n) is 3.65. The molecule has 0 aliphatic carbocycles. The Kier molecular flexibility index (Phi) is 4.88. The van der Waals surface area contributed by atoms with E-state index in [4.69, 9.17) is 0 Å². The van der Waals surface area contributed by atoms with E-state index in [1.165, 1.54) is 25.8 Å². The SMILES string of the molecule is CN1CCCCC1CNc1ccc(NS(C)(=O)=O)cc1. The number of piperidine rings is 1. The Bertz CT molecular complexity index is 528. The number of sulfonamides is 1. The normalized spacial score (nSPS) is 20.6. The largest absolute Gasteiger partial charge is 0.383 e. The number of nitrogens with zero attached hydrogens (tertiary/aromatic N) is 1. The maximum absolute atomic E-state index is 11.1. The van der Waals surface area contributed by atoms with Gasteiger partial charge in [-0.15, -0.1) is 0 Å². The lowest BCUT2D eigenvalue weighted by atomic mass is 10.0. The van der Waals surface area contributed by atoms with E-state index in [1.807, 2.05) is 12.1 Å². The number of hydrogen-bond donors (Lipinski definition) is 2. The summed E-state index contributed by atoms with van der Waals surface area (Å²) in [6.45, 7) is 2.10. The van der Waals surface area contributed by atoms with E-state index in [9.17, 15) is 8.42 Å². The molecule has 0 aromatic heterocycles. The molecule has 2 N–H and O–H groups in total. The molecule has 6 heteroatoms. The monoisotopic (exact) mass is 297 g/mol. The maximum atomic E-state index is 11.1. The number of anilines is 2. The van der Waals surface area contributed by atoms with Gasteiger partial charge in [0, 0.05) is 24.0 Å². The first-order chi connectivity index (χ1) is 9.44. The first-order valence-electron chi connectivity index (χ1n) is 6.96. The van der Waals surface area contributed by atoms with Crippen LogP contribution in [0.25, 0.3) is 0 Å². The molecule has 1 atom stereocenters. The molecule has 1 unspecified atom stereocenters. The summed E-state index contributed by atoms with van der Waals surface area (Å²) in [6, 6.07) is 7.92. The van der Waals surface area contributed by atoms with E-state index in [-0.39, 0.29) is 0 Å². The van der Waals surface area contributed by atoms with Crippen LogP contribution >= 0.6 is 0 Å². The van der Waals surface area contributed by atoms with Crippen molar-refractivity contribution in [1.29, 1.82) is 0 Å². The molecule has 1 aromatic carbocycles. The highest BCUT2D eigenvalue weighted by Crippen LogP contribution is 2.18. The smallest absolute Gasteiger partial charge is 0.229 e. The van der Waals surface area contributed by atoms with Gasteiger partial charge in [0.15, 0.2) is 0 Å². The minimum atomic E-state index is -3.20. The van der Waals surface area contributed by atoms with E-state index in [1.54, 1.807) is 12.1 Å². The molecular formula is C14H23N3O2S. The van der Waals surface area contributed by atoms with Gasteiger partial charge >= 0.3 is 0 Å². The molecule has 1 fully saturated rings. The van der Waals surface area contributed by atoms with Gasteiger partial charge in [0.05, 0.1) is 6.26 Å². The van der Waals surface area contributed by atoms with Crippen LogP contribution in [0.1, 0.15) is 19.3 Å². The van der Waals surface area contributed by atoms with Crippen LogP contribution in [-0.4, -0.2) is 45.8 Å². The number of likely N-dealkylation sites (N-methyl/N-ethyl adjacent to an activating group) is 1. The summed E-state index contributed by atoms with van der Waals surface area (Å²) < 4.78 is 24.7. The number of likely N-dealkylation sites (tertiary alicyclic amines) is 1. The van der Waals surface area contributed by atoms with Crippen molar-refractivity contribution in [2.45, 2.75) is 25.3 Å². The van der Waals surface area contributed by atoms with Gasteiger partial charge in [-0.05, 0) is 50.7 Å². The zero-order chi connectivity index (χ0) is 14.6. The third-order valence-corrected chi connectivity index (χ3v) is 4.26. The van der Waals surface area contributed by atoms with Crippen LogP contribution in [0.4, 0.5) is 11.4 Å². The van der Waals surface area contributed by atoms with Crippen molar-refractivity contribution < 1.29 is 8.42 Å². The summed E-state index contributed by atoms with van der Waals surface area (Å²) in [6.07, 6.45) is 4.97. The lowest BCUT2D eigenvalue weighted by Gasteiger charge is -2.32. The summed E-state index contributed by atoms with van der Waals surface area (Å²) in [5, 5.41) is 3.42. The zero-order valence-corrected chi connectivity index (χ0v) is 12.9. The van der Waals surface area contributed by atoms with Crippen LogP contribution in [0, 0.1) is 0 Å². The molecule has 0 amide bonds. The lowest BCUT2D eigenvalue weighted by molar-refractivity contribution is 0.194. The predicted octanol–water partition coefficient (Wildman–Crippen LogP) is 1.95. The molecule has 0 bridgehead atoms. The predicted molar refractivity (Wildman–Crippen MR) is 83.7 cm³/mol. The van der Waals surface area contributed by atoms with Crippen LogP contribution in [0.3, 0.4) is 0 Å². The van der Waals surface area contributed by atoms with Gasteiger partial charge in [0.2, 0.25) is 10.0 Å². The first kappa shape index (κ1) is 15.1. The third kappa shape index (κ3) is 4.68. The van der Waals surface area contributed by atoms with Crippen LogP contribution in [0.2, 0.25) is 0 Å². The Morgan fingerprint density at radius 2 is 1.85 bits per heavy atom. The maximum Gasteiger partial charge on any atom is 0.229 e. The standard InChI is InChI=1S/C14H23N3O2S/c1-17-10-4-3-5-14(17)11-15-12-6-8-13(9-7-12)16-20(2,18)19/h6-9,14-16H,3-5,10-11H2,1-2H3. The van der Waals surface area contributed by atoms with E-state index >= 15 is 0 Å². The molecule has 1 aliphatic heterocycles. The molecule has 20 heavy (non-hydrogen) atoms. The fourth-order valence-corrected chi connectivity index (χ4v) is 3.07. The molecule has 0 saturated carbocycles. The van der Waals surface area contributed by atoms with Crippen molar-refractivity contribution in [3.8, 4) is 0 Å². The summed E-state index contributed by atoms with van der Waals surface area (Å²) >= 11 is 0. The second-order valence-electron chi connectivity index (χ2n) is 5.46. The molecule has 2 rings (SSSR count). The van der Waals surface area contributed by atoms with Crippen LogP contribution in [-0.2, 0) is 10.0 Å². The molecule has 1 heterocycles. The van der Waals surface area contributed by atoms with E-state index in [2.05, 4.69) is 22.0 Å². The Balaban J connectivity index is 1.87. The van der Waals surface area contributed by atoms with Crippen molar-refractivity contribution in [1.82, 2.24) is 4.90 Å². The Morgan fingerprint density at radius 1 is 1.20 bits per heavy atom. The summed E-state index contributed by atoms with van der Waals surface area (Å²) in [4.78, 5) is 2.40. The van der Waals surface area contributed by atoms with Crippen LogP contribution < -0.4 is 10.0 Å². The van der Waals surface area contributed by atoms with Gasteiger partial charge in [-0.25, -0.2) is 8.42 Å². The molecular weight excluding hydrogens is 274 g/mol. The van der Waals surface area contributed by atoms with Crippen LogP contribution in [0.5, 0.6) is 0 Å². The molecule has 1 aromatic rings. The van der Waals surface area contributed by atoms with Gasteiger partial charge in [0.1, 0.15) is 0 Å². The number of nitrogens with one attached hydrogen (secondary N) is 2. The van der Waals surface area contributed by atoms with Gasteiger partial charge < -0.3 is 10.2 Å². The summed E-state index contributed by atoms with van der Waals surface area (Å²) in [5.74, 6) is 0. The Morgan fingerprint density at radius 3 is 2.45 bits per heavy atom. The fourth-order valence-electron chi connectivity index (χ4n) is 2.51. The quantitative estimate of drug-likeness (QED) is 0.872. The molecule has 0 spiro atoms. The Labute approximate surface area is 121 Å². The topological polar surface area (TPSA) is 61.4 Å². The molecule has 5 nitrogen and oxygen atoms in total. The summed E-state index contributed by atoms with van der Waals surface area (Å²) in [7, 11) is -1.03. The van der Waals surface area contributed by atoms with Gasteiger partial charge in [0.25, 0.3) is 0 Å². The van der Waals surface area contributed by atoms with Crippen molar-refractivity contribution in [3.63, 3.8) is 0 Å². The van der Waals surface area contributed by atoms with Gasteiger partial charge in [-0.3, -0.25) is 4.72 Å². The van der Waals surface area contributed by atoms with Crippen molar-refractivity contribution >= 4 is 21.4 Å². The van der Waals surface area contributed by atoms with E-state index < -0.39 is 10.0 Å². The van der Waals surface area contributed by atoms with Crippen molar-refractivity contribution in [3.05, 3.63) is 24.3 Å². The molecule has 1 saturated heterocycles. The highest BCUT2D eigenvalue weighted by atomic mass is 32.2. The number of hydrogen-bond acceptors (Lipinski definition) is 4. The first-order valence-corrected chi connectivity index (χ1v) is 8.85. The number of benzene rings is 1. The molecule has 1 aliphatic rings. The average molecular weight is 297 g/mol. The Hall–Kier alpha value is -1.27. The highest BCUT2D eigenvalue weighted by Gasteiger charge is 2.18. The molecule has 112 valence electrons. The highest BCUT2D eigenvalue weighted by molar-refractivity contribution is 7.92.